The van der Waals surface area contributed by atoms with Crippen molar-refractivity contribution in [2.75, 3.05) is 0 Å². The van der Waals surface area contributed by atoms with Crippen LogP contribution >= 0.6 is 15.9 Å². The molecule has 0 saturated heterocycles. The van der Waals surface area contributed by atoms with E-state index in [4.69, 9.17) is 0 Å². The summed E-state index contributed by atoms with van der Waals surface area (Å²) in [5.41, 5.74) is 2.12. The van der Waals surface area contributed by atoms with Gasteiger partial charge in [0.15, 0.2) is 0 Å². The second-order valence-corrected chi connectivity index (χ2v) is 5.86. The molecule has 2 heteroatoms. The van der Waals surface area contributed by atoms with Crippen molar-refractivity contribution in [3.05, 3.63) is 69.7 Å². The van der Waals surface area contributed by atoms with Crippen LogP contribution in [0.1, 0.15) is 37.0 Å². The first-order chi connectivity index (χ1) is 9.05. The van der Waals surface area contributed by atoms with Gasteiger partial charge >= 0.3 is 0 Å². The van der Waals surface area contributed by atoms with Gasteiger partial charge in [0, 0.05) is 10.0 Å². The maximum atomic E-state index is 10.9. The number of benzene rings is 2. The Balaban J connectivity index is 2.44. The van der Waals surface area contributed by atoms with E-state index in [-0.39, 0.29) is 0 Å². The largest absolute Gasteiger partial charge is 0.381 e. The summed E-state index contributed by atoms with van der Waals surface area (Å²) in [5, 5.41) is 10.9. The van der Waals surface area contributed by atoms with Crippen molar-refractivity contribution >= 4 is 15.9 Å². The van der Waals surface area contributed by atoms with Crippen molar-refractivity contribution in [1.82, 2.24) is 0 Å². The van der Waals surface area contributed by atoms with E-state index in [0.29, 0.717) is 0 Å². The summed E-state index contributed by atoms with van der Waals surface area (Å²) in [6.07, 6.45) is 2.15. The van der Waals surface area contributed by atoms with E-state index in [1.807, 2.05) is 43.3 Å². The predicted octanol–water partition coefficient (Wildman–Crippen LogP) is 4.66. The van der Waals surface area contributed by atoms with E-state index < -0.39 is 5.60 Å². The maximum Gasteiger partial charge on any atom is 0.113 e. The van der Waals surface area contributed by atoms with Gasteiger partial charge in [-0.2, -0.15) is 0 Å². The molecule has 2 aromatic rings. The quantitative estimate of drug-likeness (QED) is 0.869. The standard InChI is InChI=1S/C17H19BrO/c1-3-7-13-8-6-9-14(12-13)17(2,19)15-10-4-5-11-16(15)18/h4-6,8-12,19H,3,7H2,1-2H3. The van der Waals surface area contributed by atoms with Gasteiger partial charge in [-0.3, -0.25) is 0 Å². The number of hydrogen-bond donors (Lipinski definition) is 1. The molecule has 0 radical (unpaired) electrons. The summed E-state index contributed by atoms with van der Waals surface area (Å²) in [7, 11) is 0. The Morgan fingerprint density at radius 3 is 2.53 bits per heavy atom. The SMILES string of the molecule is CCCc1cccc(C(C)(O)c2ccccc2Br)c1. The van der Waals surface area contributed by atoms with Crippen molar-refractivity contribution in [1.29, 1.82) is 0 Å². The van der Waals surface area contributed by atoms with Crippen LogP contribution in [0.15, 0.2) is 53.0 Å². The van der Waals surface area contributed by atoms with E-state index in [9.17, 15) is 5.11 Å². The monoisotopic (exact) mass is 318 g/mol. The summed E-state index contributed by atoms with van der Waals surface area (Å²) in [4.78, 5) is 0. The first kappa shape index (κ1) is 14.3. The summed E-state index contributed by atoms with van der Waals surface area (Å²) in [6, 6.07) is 16.0. The van der Waals surface area contributed by atoms with Gasteiger partial charge < -0.3 is 5.11 Å². The van der Waals surface area contributed by atoms with Crippen molar-refractivity contribution in [3.8, 4) is 0 Å². The number of aliphatic hydroxyl groups is 1. The second kappa shape index (κ2) is 5.89. The smallest absolute Gasteiger partial charge is 0.113 e. The maximum absolute atomic E-state index is 10.9. The molecule has 0 aliphatic carbocycles. The lowest BCUT2D eigenvalue weighted by molar-refractivity contribution is 0.101. The third-order valence-electron chi connectivity index (χ3n) is 3.43. The molecule has 0 heterocycles. The molecule has 0 bridgehead atoms. The molecule has 1 unspecified atom stereocenters. The number of hydrogen-bond acceptors (Lipinski definition) is 1. The molecule has 0 fully saturated rings. The Bertz CT molecular complexity index is 561. The van der Waals surface area contributed by atoms with Gasteiger partial charge in [-0.1, -0.05) is 71.7 Å². The summed E-state index contributed by atoms with van der Waals surface area (Å²) in [5.74, 6) is 0. The van der Waals surface area contributed by atoms with E-state index in [1.165, 1.54) is 5.56 Å². The van der Waals surface area contributed by atoms with Crippen LogP contribution in [-0.2, 0) is 12.0 Å². The zero-order valence-corrected chi connectivity index (χ0v) is 12.9. The minimum Gasteiger partial charge on any atom is -0.381 e. The van der Waals surface area contributed by atoms with Gasteiger partial charge in [-0.25, -0.2) is 0 Å². The van der Waals surface area contributed by atoms with Crippen LogP contribution in [0.3, 0.4) is 0 Å². The number of halogens is 1. The molecule has 2 aromatic carbocycles. The van der Waals surface area contributed by atoms with E-state index >= 15 is 0 Å². The van der Waals surface area contributed by atoms with Gasteiger partial charge in [-0.05, 0) is 30.5 Å². The molecule has 100 valence electrons. The van der Waals surface area contributed by atoms with Gasteiger partial charge in [0.2, 0.25) is 0 Å². The molecule has 2 rings (SSSR count). The van der Waals surface area contributed by atoms with Gasteiger partial charge in [-0.15, -0.1) is 0 Å². The number of rotatable bonds is 4. The Kier molecular flexibility index (Phi) is 4.43. The molecule has 1 atom stereocenters. The van der Waals surface area contributed by atoms with Gasteiger partial charge in [0.25, 0.3) is 0 Å². The van der Waals surface area contributed by atoms with Crippen molar-refractivity contribution in [2.24, 2.45) is 0 Å². The highest BCUT2D eigenvalue weighted by molar-refractivity contribution is 9.10. The van der Waals surface area contributed by atoms with Crippen molar-refractivity contribution in [2.45, 2.75) is 32.3 Å². The van der Waals surface area contributed by atoms with Crippen molar-refractivity contribution < 1.29 is 5.11 Å². The topological polar surface area (TPSA) is 20.2 Å². The first-order valence-corrected chi connectivity index (χ1v) is 7.41. The lowest BCUT2D eigenvalue weighted by Gasteiger charge is -2.26. The van der Waals surface area contributed by atoms with Crippen LogP contribution in [0.4, 0.5) is 0 Å². The fourth-order valence-electron chi connectivity index (χ4n) is 2.33. The lowest BCUT2D eigenvalue weighted by Crippen LogP contribution is -2.23. The van der Waals surface area contributed by atoms with Crippen molar-refractivity contribution in [3.63, 3.8) is 0 Å². The zero-order chi connectivity index (χ0) is 13.9. The van der Waals surface area contributed by atoms with E-state index in [0.717, 1.165) is 28.4 Å². The van der Waals surface area contributed by atoms with Crippen LogP contribution in [0, 0.1) is 0 Å². The Labute approximate surface area is 123 Å². The summed E-state index contributed by atoms with van der Waals surface area (Å²) >= 11 is 3.52. The molecule has 19 heavy (non-hydrogen) atoms. The van der Waals surface area contributed by atoms with Crippen LogP contribution < -0.4 is 0 Å². The average Bonchev–Trinajstić information content (AvgIpc) is 2.40. The predicted molar refractivity (Wildman–Crippen MR) is 83.3 cm³/mol. The van der Waals surface area contributed by atoms with Gasteiger partial charge in [0.05, 0.1) is 0 Å². The molecule has 1 N–H and O–H groups in total. The lowest BCUT2D eigenvalue weighted by atomic mass is 9.87. The van der Waals surface area contributed by atoms with Crippen LogP contribution in [-0.4, -0.2) is 5.11 Å². The molecule has 0 saturated carbocycles. The summed E-state index contributed by atoms with van der Waals surface area (Å²) in [6.45, 7) is 4.01. The third-order valence-corrected chi connectivity index (χ3v) is 4.12. The number of aryl methyl sites for hydroxylation is 1. The normalized spacial score (nSPS) is 14.1. The Hall–Kier alpha value is -1.12. The minimum atomic E-state index is -0.982. The highest BCUT2D eigenvalue weighted by atomic mass is 79.9. The molecular weight excluding hydrogens is 300 g/mol. The average molecular weight is 319 g/mol. The molecule has 0 aliphatic heterocycles. The minimum absolute atomic E-state index is 0.892. The zero-order valence-electron chi connectivity index (χ0n) is 11.4. The Morgan fingerprint density at radius 1 is 1.11 bits per heavy atom. The molecule has 0 aliphatic rings. The van der Waals surface area contributed by atoms with Crippen LogP contribution in [0.5, 0.6) is 0 Å². The molecule has 0 spiro atoms. The van der Waals surface area contributed by atoms with E-state index in [1.54, 1.807) is 0 Å². The fraction of sp³-hybridized carbons (Fsp3) is 0.294. The van der Waals surface area contributed by atoms with Gasteiger partial charge in [0.1, 0.15) is 5.60 Å². The third kappa shape index (κ3) is 3.07. The highest BCUT2D eigenvalue weighted by Crippen LogP contribution is 2.34. The van der Waals surface area contributed by atoms with E-state index in [2.05, 4.69) is 35.0 Å². The Morgan fingerprint density at radius 2 is 1.84 bits per heavy atom. The molecule has 0 aromatic heterocycles. The highest BCUT2D eigenvalue weighted by Gasteiger charge is 2.27. The second-order valence-electron chi connectivity index (χ2n) is 5.00. The summed E-state index contributed by atoms with van der Waals surface area (Å²) < 4.78 is 0.931. The molecule has 0 amide bonds. The van der Waals surface area contributed by atoms with Crippen LogP contribution in [0.2, 0.25) is 0 Å². The molecule has 1 nitrogen and oxygen atoms in total. The van der Waals surface area contributed by atoms with Crippen LogP contribution in [0.25, 0.3) is 0 Å². The molecular formula is C17H19BrO. The fourth-order valence-corrected chi connectivity index (χ4v) is 3.00. The first-order valence-electron chi connectivity index (χ1n) is 6.62.